The minimum atomic E-state index is -0.685. The van der Waals surface area contributed by atoms with Crippen LogP contribution in [0.4, 0.5) is 11.4 Å². The number of aryl methyl sites for hydroxylation is 2. The maximum atomic E-state index is 13.1. The second-order valence-electron chi connectivity index (χ2n) is 9.49. The van der Waals surface area contributed by atoms with Crippen molar-refractivity contribution in [2.24, 2.45) is 23.7 Å². The molecule has 1 heterocycles. The second-order valence-corrected chi connectivity index (χ2v) is 10.5. The number of esters is 1. The smallest absolute Gasteiger partial charge is 0.338 e. The summed E-state index contributed by atoms with van der Waals surface area (Å²) in [7, 11) is 0. The Balaban J connectivity index is 1.21. The van der Waals surface area contributed by atoms with Crippen LogP contribution in [0.1, 0.15) is 27.9 Å². The Labute approximate surface area is 212 Å². The van der Waals surface area contributed by atoms with Gasteiger partial charge in [0.05, 0.1) is 33.8 Å². The normalized spacial score (nSPS) is 28.9. The van der Waals surface area contributed by atoms with Crippen molar-refractivity contribution in [3.8, 4) is 0 Å². The third-order valence-electron chi connectivity index (χ3n) is 7.47. The van der Waals surface area contributed by atoms with E-state index in [4.69, 9.17) is 27.9 Å². The molecule has 2 aromatic rings. The van der Waals surface area contributed by atoms with E-state index < -0.39 is 30.3 Å². The topological polar surface area (TPSA) is 92.8 Å². The standard InChI is InChI=1S/C26H24Cl2N2O5/c1-12-3-6-15(9-13(12)2)29-19(31)11-35-26(34)14-4-7-16(8-5-14)30-24(32)20-17-10-18(21(20)25(30)33)23(28)22(17)27/h3-9,17-18,20-23H,10-11H2,1-2H3,(H,29,31)/t17-,18-,20-,21-,22-,23+/m1/s1. The summed E-state index contributed by atoms with van der Waals surface area (Å²) in [5.74, 6) is -2.74. The summed E-state index contributed by atoms with van der Waals surface area (Å²) in [6.45, 7) is 3.48. The molecule has 7 nitrogen and oxygen atoms in total. The maximum Gasteiger partial charge on any atom is 0.338 e. The van der Waals surface area contributed by atoms with Crippen LogP contribution in [-0.2, 0) is 19.1 Å². The number of amides is 3. The molecule has 0 spiro atoms. The number of hydrogen-bond acceptors (Lipinski definition) is 5. The van der Waals surface area contributed by atoms with Gasteiger partial charge in [-0.1, -0.05) is 6.07 Å². The molecule has 1 saturated heterocycles. The lowest BCUT2D eigenvalue weighted by Crippen LogP contribution is -2.37. The van der Waals surface area contributed by atoms with E-state index in [0.717, 1.165) is 11.1 Å². The molecule has 0 unspecified atom stereocenters. The van der Waals surface area contributed by atoms with Gasteiger partial charge in [0.25, 0.3) is 5.91 Å². The molecule has 3 aliphatic rings. The van der Waals surface area contributed by atoms with Crippen molar-refractivity contribution in [1.29, 1.82) is 0 Å². The largest absolute Gasteiger partial charge is 0.452 e. The minimum Gasteiger partial charge on any atom is -0.452 e. The highest BCUT2D eigenvalue weighted by atomic mass is 35.5. The number of fused-ring (bicyclic) bond motifs is 5. The van der Waals surface area contributed by atoms with Crippen LogP contribution in [-0.4, -0.2) is 41.1 Å². The number of nitrogens with one attached hydrogen (secondary N) is 1. The Kier molecular flexibility index (Phi) is 6.09. The first-order valence-electron chi connectivity index (χ1n) is 11.5. The Morgan fingerprint density at radius 2 is 1.54 bits per heavy atom. The zero-order valence-electron chi connectivity index (χ0n) is 19.2. The molecule has 1 N–H and O–H groups in total. The maximum absolute atomic E-state index is 13.1. The average molecular weight is 515 g/mol. The Hall–Kier alpha value is -2.90. The first kappa shape index (κ1) is 23.8. The summed E-state index contributed by atoms with van der Waals surface area (Å²) >= 11 is 12.8. The summed E-state index contributed by atoms with van der Waals surface area (Å²) in [5, 5.41) is 2.06. The third-order valence-corrected chi connectivity index (χ3v) is 8.79. The van der Waals surface area contributed by atoms with Crippen molar-refractivity contribution in [3.63, 3.8) is 0 Å². The van der Waals surface area contributed by atoms with Gasteiger partial charge >= 0.3 is 5.97 Å². The summed E-state index contributed by atoms with van der Waals surface area (Å²) in [6, 6.07) is 11.5. The number of benzene rings is 2. The number of hydrogen-bond donors (Lipinski definition) is 1. The van der Waals surface area contributed by atoms with Crippen molar-refractivity contribution in [2.75, 3.05) is 16.8 Å². The third kappa shape index (κ3) is 4.00. The minimum absolute atomic E-state index is 0.0974. The number of ether oxygens (including phenoxy) is 1. The molecule has 2 aliphatic carbocycles. The number of halogens is 2. The van der Waals surface area contributed by atoms with Crippen LogP contribution in [0.25, 0.3) is 0 Å². The molecule has 3 amide bonds. The fourth-order valence-corrected chi connectivity index (χ4v) is 6.47. The number of nitrogens with zero attached hydrogens (tertiary/aromatic N) is 1. The van der Waals surface area contributed by atoms with Crippen molar-refractivity contribution in [2.45, 2.75) is 31.0 Å². The molecule has 0 aromatic heterocycles. The molecule has 2 saturated carbocycles. The van der Waals surface area contributed by atoms with E-state index in [9.17, 15) is 19.2 Å². The Bertz CT molecular complexity index is 1200. The lowest BCUT2D eigenvalue weighted by molar-refractivity contribution is -0.123. The van der Waals surface area contributed by atoms with Crippen molar-refractivity contribution in [1.82, 2.24) is 0 Å². The number of rotatable bonds is 5. The molecular formula is C26H24Cl2N2O5. The zero-order chi connectivity index (χ0) is 25.0. The fraction of sp³-hybridized carbons (Fsp3) is 0.385. The van der Waals surface area contributed by atoms with E-state index in [2.05, 4.69) is 5.32 Å². The predicted molar refractivity (Wildman–Crippen MR) is 132 cm³/mol. The van der Waals surface area contributed by atoms with E-state index in [1.165, 1.54) is 29.2 Å². The second kappa shape index (κ2) is 8.95. The first-order chi connectivity index (χ1) is 16.7. The van der Waals surface area contributed by atoms with E-state index in [1.54, 1.807) is 6.07 Å². The fourth-order valence-electron chi connectivity index (χ4n) is 5.58. The van der Waals surface area contributed by atoms with Crippen molar-refractivity contribution in [3.05, 3.63) is 59.2 Å². The summed E-state index contributed by atoms with van der Waals surface area (Å²) in [4.78, 5) is 51.9. The highest BCUT2D eigenvalue weighted by molar-refractivity contribution is 6.32. The molecule has 9 heteroatoms. The molecule has 2 aromatic carbocycles. The zero-order valence-corrected chi connectivity index (χ0v) is 20.7. The number of carbonyl (C=O) groups excluding carboxylic acids is 4. The molecular weight excluding hydrogens is 491 g/mol. The molecule has 0 radical (unpaired) electrons. The lowest BCUT2D eigenvalue weighted by atomic mass is 9.80. The van der Waals surface area contributed by atoms with Crippen LogP contribution in [0.2, 0.25) is 0 Å². The van der Waals surface area contributed by atoms with Gasteiger partial charge in [-0.25, -0.2) is 4.79 Å². The van der Waals surface area contributed by atoms with Crippen molar-refractivity contribution >= 4 is 58.3 Å². The number of alkyl halides is 2. The Morgan fingerprint density at radius 3 is 2.11 bits per heavy atom. The number of anilines is 2. The molecule has 3 fully saturated rings. The van der Waals surface area contributed by atoms with Gasteiger partial charge in [-0.15, -0.1) is 23.2 Å². The van der Waals surface area contributed by atoms with E-state index >= 15 is 0 Å². The molecule has 6 atom stereocenters. The van der Waals surface area contributed by atoms with Crippen LogP contribution in [0.15, 0.2) is 42.5 Å². The van der Waals surface area contributed by atoms with Gasteiger partial charge in [0, 0.05) is 5.69 Å². The van der Waals surface area contributed by atoms with Crippen LogP contribution in [0.5, 0.6) is 0 Å². The lowest BCUT2D eigenvalue weighted by Gasteiger charge is -2.28. The van der Waals surface area contributed by atoms with E-state index in [0.29, 0.717) is 17.8 Å². The van der Waals surface area contributed by atoms with Gasteiger partial charge in [-0.2, -0.15) is 0 Å². The quantitative estimate of drug-likeness (QED) is 0.368. The summed E-state index contributed by atoms with van der Waals surface area (Å²) < 4.78 is 5.12. The number of carbonyl (C=O) groups is 4. The molecule has 2 bridgehead atoms. The predicted octanol–water partition coefficient (Wildman–Crippen LogP) is 4.07. The molecule has 182 valence electrons. The van der Waals surface area contributed by atoms with Crippen LogP contribution < -0.4 is 10.2 Å². The van der Waals surface area contributed by atoms with E-state index in [-0.39, 0.29) is 40.0 Å². The van der Waals surface area contributed by atoms with E-state index in [1.807, 2.05) is 26.0 Å². The molecule has 35 heavy (non-hydrogen) atoms. The SMILES string of the molecule is Cc1ccc(NC(=O)COC(=O)c2ccc(N3C(=O)[C@@H]4[C@H]5C[C@@H]([C@@H](Cl)[C@H]5Cl)[C@H]4C3=O)cc2)cc1C. The van der Waals surface area contributed by atoms with Gasteiger partial charge in [0.2, 0.25) is 11.8 Å². The highest BCUT2D eigenvalue weighted by Gasteiger charge is 2.66. The highest BCUT2D eigenvalue weighted by Crippen LogP contribution is 2.59. The molecule has 5 rings (SSSR count). The van der Waals surface area contributed by atoms with Crippen LogP contribution >= 0.6 is 23.2 Å². The van der Waals surface area contributed by atoms with Gasteiger partial charge in [-0.3, -0.25) is 19.3 Å². The summed E-state index contributed by atoms with van der Waals surface area (Å²) in [6.07, 6.45) is 0.699. The van der Waals surface area contributed by atoms with Gasteiger partial charge in [0.15, 0.2) is 6.61 Å². The first-order valence-corrected chi connectivity index (χ1v) is 12.3. The Morgan fingerprint density at radius 1 is 0.943 bits per heavy atom. The average Bonchev–Trinajstić information content (AvgIpc) is 3.45. The van der Waals surface area contributed by atoms with Gasteiger partial charge < -0.3 is 10.1 Å². The van der Waals surface area contributed by atoms with Gasteiger partial charge in [0.1, 0.15) is 0 Å². The number of imide groups is 1. The van der Waals surface area contributed by atoms with Gasteiger partial charge in [-0.05, 0) is 79.6 Å². The van der Waals surface area contributed by atoms with Crippen LogP contribution in [0.3, 0.4) is 0 Å². The monoisotopic (exact) mass is 514 g/mol. The van der Waals surface area contributed by atoms with Crippen molar-refractivity contribution < 1.29 is 23.9 Å². The summed E-state index contributed by atoms with van der Waals surface area (Å²) in [5.41, 5.74) is 3.36. The molecule has 1 aliphatic heterocycles. The van der Waals surface area contributed by atoms with Crippen LogP contribution in [0, 0.1) is 37.5 Å².